The third kappa shape index (κ3) is 3.03. The van der Waals surface area contributed by atoms with Crippen LogP contribution in [0.4, 0.5) is 18.9 Å². The number of hydrogen-bond acceptors (Lipinski definition) is 2. The molecule has 1 aromatic carbocycles. The Labute approximate surface area is 111 Å². The van der Waals surface area contributed by atoms with Gasteiger partial charge in [0.2, 0.25) is 0 Å². The fraction of sp³-hybridized carbons (Fsp3) is 0.571. The highest BCUT2D eigenvalue weighted by molar-refractivity contribution is 5.49. The van der Waals surface area contributed by atoms with E-state index in [1.165, 1.54) is 0 Å². The van der Waals surface area contributed by atoms with E-state index in [0.29, 0.717) is 12.5 Å². The van der Waals surface area contributed by atoms with Crippen molar-refractivity contribution in [2.75, 3.05) is 18.0 Å². The van der Waals surface area contributed by atoms with E-state index >= 15 is 0 Å². The second kappa shape index (κ2) is 5.41. The first-order valence-corrected chi connectivity index (χ1v) is 6.57. The number of anilines is 1. The van der Waals surface area contributed by atoms with E-state index < -0.39 is 11.7 Å². The third-order valence-corrected chi connectivity index (χ3v) is 3.88. The van der Waals surface area contributed by atoms with Crippen molar-refractivity contribution in [1.29, 1.82) is 0 Å². The molecule has 1 saturated heterocycles. The number of nitrogens with two attached hydrogens (primary N) is 1. The normalized spacial score (nSPS) is 24.6. The SMILES string of the molecule is CC1CCCN(c2ccc(C(F)(F)F)cc2)C1CN. The lowest BCUT2D eigenvalue weighted by Crippen LogP contribution is -2.48. The number of alkyl halides is 3. The minimum absolute atomic E-state index is 0.213. The standard InChI is InChI=1S/C14H19F3N2/c1-10-3-2-8-19(13(10)9-18)12-6-4-11(5-7-12)14(15,16)17/h4-7,10,13H,2-3,8-9,18H2,1H3. The summed E-state index contributed by atoms with van der Waals surface area (Å²) in [5.74, 6) is 0.473. The number of halogens is 3. The van der Waals surface area contributed by atoms with E-state index in [9.17, 15) is 13.2 Å². The molecule has 1 aromatic rings. The quantitative estimate of drug-likeness (QED) is 0.895. The third-order valence-electron chi connectivity index (χ3n) is 3.88. The van der Waals surface area contributed by atoms with Gasteiger partial charge in [-0.2, -0.15) is 13.2 Å². The molecule has 0 spiro atoms. The van der Waals surface area contributed by atoms with Crippen LogP contribution >= 0.6 is 0 Å². The number of piperidine rings is 1. The average Bonchev–Trinajstić information content (AvgIpc) is 2.37. The fourth-order valence-corrected chi connectivity index (χ4v) is 2.77. The van der Waals surface area contributed by atoms with Gasteiger partial charge in [-0.1, -0.05) is 6.92 Å². The summed E-state index contributed by atoms with van der Waals surface area (Å²) >= 11 is 0. The number of benzene rings is 1. The van der Waals surface area contributed by atoms with Crippen molar-refractivity contribution < 1.29 is 13.2 Å². The van der Waals surface area contributed by atoms with Gasteiger partial charge in [0.1, 0.15) is 0 Å². The molecule has 2 atom stereocenters. The second-order valence-corrected chi connectivity index (χ2v) is 5.16. The minimum atomic E-state index is -4.28. The molecule has 0 saturated carbocycles. The van der Waals surface area contributed by atoms with Crippen LogP contribution in [0.2, 0.25) is 0 Å². The highest BCUT2D eigenvalue weighted by Crippen LogP contribution is 2.33. The smallest absolute Gasteiger partial charge is 0.367 e. The summed E-state index contributed by atoms with van der Waals surface area (Å²) in [5.41, 5.74) is 6.02. The molecular weight excluding hydrogens is 253 g/mol. The Morgan fingerprint density at radius 2 is 1.89 bits per heavy atom. The van der Waals surface area contributed by atoms with E-state index in [1.807, 2.05) is 0 Å². The molecule has 2 rings (SSSR count). The molecule has 1 aliphatic rings. The summed E-state index contributed by atoms with van der Waals surface area (Å²) in [5, 5.41) is 0. The number of rotatable bonds is 2. The average molecular weight is 272 g/mol. The topological polar surface area (TPSA) is 29.3 Å². The van der Waals surface area contributed by atoms with Crippen molar-refractivity contribution in [2.45, 2.75) is 32.0 Å². The van der Waals surface area contributed by atoms with Gasteiger partial charge >= 0.3 is 6.18 Å². The predicted molar refractivity (Wildman–Crippen MR) is 70.0 cm³/mol. The number of nitrogens with zero attached hydrogens (tertiary/aromatic N) is 1. The van der Waals surface area contributed by atoms with Gasteiger partial charge in [-0.15, -0.1) is 0 Å². The van der Waals surface area contributed by atoms with Gasteiger partial charge in [0.15, 0.2) is 0 Å². The lowest BCUT2D eigenvalue weighted by atomic mass is 9.90. The summed E-state index contributed by atoms with van der Waals surface area (Å²) in [4.78, 5) is 2.13. The van der Waals surface area contributed by atoms with Crippen LogP contribution in [0.3, 0.4) is 0 Å². The van der Waals surface area contributed by atoms with Crippen LogP contribution in [0.25, 0.3) is 0 Å². The van der Waals surface area contributed by atoms with Gasteiger partial charge in [-0.3, -0.25) is 0 Å². The van der Waals surface area contributed by atoms with Gasteiger partial charge in [0, 0.05) is 24.8 Å². The highest BCUT2D eigenvalue weighted by Gasteiger charge is 2.31. The Kier molecular flexibility index (Phi) is 4.04. The minimum Gasteiger partial charge on any atom is -0.367 e. The first kappa shape index (κ1) is 14.2. The van der Waals surface area contributed by atoms with Gasteiger partial charge < -0.3 is 10.6 Å². The Balaban J connectivity index is 2.21. The van der Waals surface area contributed by atoms with E-state index in [-0.39, 0.29) is 6.04 Å². The van der Waals surface area contributed by atoms with Crippen molar-refractivity contribution in [2.24, 2.45) is 11.7 Å². The zero-order valence-corrected chi connectivity index (χ0v) is 11.0. The molecule has 1 fully saturated rings. The lowest BCUT2D eigenvalue weighted by molar-refractivity contribution is -0.137. The molecule has 0 amide bonds. The molecular formula is C14H19F3N2. The van der Waals surface area contributed by atoms with Crippen LogP contribution in [-0.2, 0) is 6.18 Å². The van der Waals surface area contributed by atoms with Crippen molar-refractivity contribution in [1.82, 2.24) is 0 Å². The molecule has 0 radical (unpaired) electrons. The number of hydrogen-bond donors (Lipinski definition) is 1. The van der Waals surface area contributed by atoms with Gasteiger partial charge in [-0.25, -0.2) is 0 Å². The zero-order chi connectivity index (χ0) is 14.0. The Morgan fingerprint density at radius 1 is 1.26 bits per heavy atom. The Bertz CT molecular complexity index is 414. The summed E-state index contributed by atoms with van der Waals surface area (Å²) in [6.45, 7) is 3.54. The van der Waals surface area contributed by atoms with Crippen LogP contribution < -0.4 is 10.6 Å². The van der Waals surface area contributed by atoms with E-state index in [2.05, 4.69) is 11.8 Å². The maximum atomic E-state index is 12.5. The molecule has 2 N–H and O–H groups in total. The molecule has 0 aliphatic carbocycles. The molecule has 0 bridgehead atoms. The van der Waals surface area contributed by atoms with E-state index in [0.717, 1.165) is 37.2 Å². The molecule has 19 heavy (non-hydrogen) atoms. The van der Waals surface area contributed by atoms with Crippen molar-refractivity contribution in [3.05, 3.63) is 29.8 Å². The largest absolute Gasteiger partial charge is 0.416 e. The zero-order valence-electron chi connectivity index (χ0n) is 11.0. The summed E-state index contributed by atoms with van der Waals surface area (Å²) in [6, 6.07) is 5.59. The van der Waals surface area contributed by atoms with E-state index in [1.54, 1.807) is 12.1 Å². The molecule has 106 valence electrons. The van der Waals surface area contributed by atoms with Gasteiger partial charge in [0.05, 0.1) is 5.56 Å². The molecule has 2 unspecified atom stereocenters. The molecule has 1 aliphatic heterocycles. The summed E-state index contributed by atoms with van der Waals surface area (Å²) in [7, 11) is 0. The van der Waals surface area contributed by atoms with Crippen LogP contribution in [0.1, 0.15) is 25.3 Å². The second-order valence-electron chi connectivity index (χ2n) is 5.16. The maximum Gasteiger partial charge on any atom is 0.416 e. The Hall–Kier alpha value is -1.23. The monoisotopic (exact) mass is 272 g/mol. The summed E-state index contributed by atoms with van der Waals surface area (Å²) < 4.78 is 37.6. The summed E-state index contributed by atoms with van der Waals surface area (Å²) in [6.07, 6.45) is -2.10. The van der Waals surface area contributed by atoms with Gasteiger partial charge in [-0.05, 0) is 43.0 Å². The van der Waals surface area contributed by atoms with Crippen molar-refractivity contribution in [3.8, 4) is 0 Å². The van der Waals surface area contributed by atoms with Crippen LogP contribution in [0.5, 0.6) is 0 Å². The Morgan fingerprint density at radius 3 is 2.42 bits per heavy atom. The van der Waals surface area contributed by atoms with E-state index in [4.69, 9.17) is 5.73 Å². The molecule has 0 aromatic heterocycles. The molecule has 5 heteroatoms. The van der Waals surface area contributed by atoms with Crippen molar-refractivity contribution >= 4 is 5.69 Å². The van der Waals surface area contributed by atoms with Crippen LogP contribution in [0, 0.1) is 5.92 Å². The van der Waals surface area contributed by atoms with Gasteiger partial charge in [0.25, 0.3) is 0 Å². The predicted octanol–water partition coefficient (Wildman–Crippen LogP) is 3.27. The fourth-order valence-electron chi connectivity index (χ4n) is 2.77. The maximum absolute atomic E-state index is 12.5. The van der Waals surface area contributed by atoms with Crippen LogP contribution in [-0.4, -0.2) is 19.1 Å². The first-order chi connectivity index (χ1) is 8.93. The van der Waals surface area contributed by atoms with Crippen LogP contribution in [0.15, 0.2) is 24.3 Å². The lowest BCUT2D eigenvalue weighted by Gasteiger charge is -2.41. The molecule has 2 nitrogen and oxygen atoms in total. The molecule has 1 heterocycles. The first-order valence-electron chi connectivity index (χ1n) is 6.57. The highest BCUT2D eigenvalue weighted by atomic mass is 19.4. The van der Waals surface area contributed by atoms with Crippen molar-refractivity contribution in [3.63, 3.8) is 0 Å².